The Labute approximate surface area is 120 Å². The summed E-state index contributed by atoms with van der Waals surface area (Å²) < 4.78 is 1.90. The van der Waals surface area contributed by atoms with Crippen molar-refractivity contribution in [2.24, 2.45) is 0 Å². The van der Waals surface area contributed by atoms with Crippen molar-refractivity contribution in [3.05, 3.63) is 63.4 Å². The van der Waals surface area contributed by atoms with Crippen LogP contribution in [0, 0.1) is 10.1 Å². The minimum atomic E-state index is -0.650. The fraction of sp³-hybridized carbons (Fsp3) is 0.154. The van der Waals surface area contributed by atoms with Gasteiger partial charge in [0.2, 0.25) is 0 Å². The van der Waals surface area contributed by atoms with Crippen molar-refractivity contribution < 1.29 is 9.72 Å². The topological polar surface area (TPSA) is 77.2 Å². The largest absolute Gasteiger partial charge is 0.353 e. The Morgan fingerprint density at radius 2 is 2.00 bits per heavy atom. The predicted octanol–water partition coefficient (Wildman–Crippen LogP) is 2.48. The highest BCUT2D eigenvalue weighted by Gasteiger charge is 2.23. The third kappa shape index (κ3) is 3.16. The molecular weight excluding hydrogens is 282 g/mol. The Morgan fingerprint density at radius 1 is 1.30 bits per heavy atom. The smallest absolute Gasteiger partial charge is 0.300 e. The first kappa shape index (κ1) is 14.1. The highest BCUT2D eigenvalue weighted by atomic mass is 35.5. The molecule has 0 spiro atoms. The Morgan fingerprint density at radius 3 is 2.65 bits per heavy atom. The molecule has 0 aliphatic carbocycles. The molecule has 0 unspecified atom stereocenters. The minimum absolute atomic E-state index is 0.0324. The summed E-state index contributed by atoms with van der Waals surface area (Å²) in [5, 5.41) is 13.5. The number of rotatable bonds is 5. The van der Waals surface area contributed by atoms with E-state index in [1.165, 1.54) is 18.2 Å². The SMILES string of the molecule is O=C(NCCn1cccc1)c1cccc(Cl)c1[N+](=O)[O-]. The van der Waals surface area contributed by atoms with Gasteiger partial charge in [-0.15, -0.1) is 0 Å². The molecule has 7 heteroatoms. The van der Waals surface area contributed by atoms with Gasteiger partial charge in [0.1, 0.15) is 10.6 Å². The molecule has 0 atom stereocenters. The van der Waals surface area contributed by atoms with Gasteiger partial charge in [-0.3, -0.25) is 14.9 Å². The number of carbonyl (C=O) groups is 1. The lowest BCUT2D eigenvalue weighted by atomic mass is 10.1. The maximum absolute atomic E-state index is 12.0. The van der Waals surface area contributed by atoms with Gasteiger partial charge in [0.25, 0.3) is 5.91 Å². The zero-order valence-corrected chi connectivity index (χ0v) is 11.2. The zero-order valence-electron chi connectivity index (χ0n) is 10.5. The van der Waals surface area contributed by atoms with Gasteiger partial charge in [-0.2, -0.15) is 0 Å². The lowest BCUT2D eigenvalue weighted by molar-refractivity contribution is -0.385. The molecule has 1 aromatic carbocycles. The van der Waals surface area contributed by atoms with Crippen molar-refractivity contribution in [3.8, 4) is 0 Å². The Bertz CT molecular complexity index is 626. The Balaban J connectivity index is 2.06. The molecule has 1 N–H and O–H groups in total. The summed E-state index contributed by atoms with van der Waals surface area (Å²) in [6, 6.07) is 8.04. The first-order valence-electron chi connectivity index (χ1n) is 5.91. The lowest BCUT2D eigenvalue weighted by Gasteiger charge is -2.07. The normalized spacial score (nSPS) is 10.2. The number of nitrogens with one attached hydrogen (secondary N) is 1. The molecular formula is C13H12ClN3O3. The van der Waals surface area contributed by atoms with Crippen LogP contribution in [-0.2, 0) is 6.54 Å². The molecule has 20 heavy (non-hydrogen) atoms. The van der Waals surface area contributed by atoms with Gasteiger partial charge in [0.15, 0.2) is 0 Å². The van der Waals surface area contributed by atoms with Gasteiger partial charge < -0.3 is 9.88 Å². The van der Waals surface area contributed by atoms with E-state index in [0.717, 1.165) is 0 Å². The molecule has 0 saturated heterocycles. The van der Waals surface area contributed by atoms with Crippen LogP contribution in [0.4, 0.5) is 5.69 Å². The number of nitrogens with zero attached hydrogens (tertiary/aromatic N) is 2. The second-order valence-electron chi connectivity index (χ2n) is 4.07. The number of aromatic nitrogens is 1. The maximum Gasteiger partial charge on any atom is 0.300 e. The summed E-state index contributed by atoms with van der Waals surface area (Å²) in [4.78, 5) is 22.3. The average Bonchev–Trinajstić information content (AvgIpc) is 2.91. The van der Waals surface area contributed by atoms with E-state index in [9.17, 15) is 14.9 Å². The van der Waals surface area contributed by atoms with Crippen molar-refractivity contribution in [1.82, 2.24) is 9.88 Å². The molecule has 0 radical (unpaired) electrons. The van der Waals surface area contributed by atoms with Crippen LogP contribution in [0.2, 0.25) is 5.02 Å². The van der Waals surface area contributed by atoms with Crippen molar-refractivity contribution in [1.29, 1.82) is 0 Å². The van der Waals surface area contributed by atoms with Gasteiger partial charge in [-0.25, -0.2) is 0 Å². The van der Waals surface area contributed by atoms with Crippen molar-refractivity contribution in [2.75, 3.05) is 6.54 Å². The number of hydrogen-bond donors (Lipinski definition) is 1. The number of halogens is 1. The molecule has 1 heterocycles. The Kier molecular flexibility index (Phi) is 4.37. The van der Waals surface area contributed by atoms with Crippen molar-refractivity contribution in [2.45, 2.75) is 6.54 Å². The number of para-hydroxylation sites is 1. The third-order valence-electron chi connectivity index (χ3n) is 2.74. The molecule has 0 bridgehead atoms. The van der Waals surface area contributed by atoms with Crippen LogP contribution in [-0.4, -0.2) is 21.9 Å². The summed E-state index contributed by atoms with van der Waals surface area (Å²) in [6.45, 7) is 0.963. The zero-order chi connectivity index (χ0) is 14.5. The Hall–Kier alpha value is -2.34. The predicted molar refractivity (Wildman–Crippen MR) is 74.9 cm³/mol. The molecule has 1 amide bonds. The van der Waals surface area contributed by atoms with Crippen LogP contribution in [0.3, 0.4) is 0 Å². The number of amides is 1. The highest BCUT2D eigenvalue weighted by Crippen LogP contribution is 2.27. The monoisotopic (exact) mass is 293 g/mol. The first-order chi connectivity index (χ1) is 9.59. The van der Waals surface area contributed by atoms with Crippen molar-refractivity contribution in [3.63, 3.8) is 0 Å². The standard InChI is InChI=1S/C13H12ClN3O3/c14-11-5-3-4-10(12(11)17(19)20)13(18)15-6-9-16-7-1-2-8-16/h1-5,7-8H,6,9H2,(H,15,18). The summed E-state index contributed by atoms with van der Waals surface area (Å²) >= 11 is 5.76. The van der Waals surface area contributed by atoms with Crippen LogP contribution in [0.15, 0.2) is 42.7 Å². The van der Waals surface area contributed by atoms with E-state index in [1.54, 1.807) is 0 Å². The summed E-state index contributed by atoms with van der Waals surface area (Å²) in [5.74, 6) is -0.508. The molecule has 0 aliphatic heterocycles. The van der Waals surface area contributed by atoms with Gasteiger partial charge in [0, 0.05) is 25.5 Å². The van der Waals surface area contributed by atoms with Crippen LogP contribution in [0.5, 0.6) is 0 Å². The van der Waals surface area contributed by atoms with E-state index >= 15 is 0 Å². The molecule has 0 fully saturated rings. The number of nitro groups is 1. The molecule has 0 saturated carbocycles. The first-order valence-corrected chi connectivity index (χ1v) is 6.29. The van der Waals surface area contributed by atoms with E-state index in [4.69, 9.17) is 11.6 Å². The van der Waals surface area contributed by atoms with E-state index in [1.807, 2.05) is 29.1 Å². The highest BCUT2D eigenvalue weighted by molar-refractivity contribution is 6.33. The fourth-order valence-corrected chi connectivity index (χ4v) is 2.04. The van der Waals surface area contributed by atoms with Gasteiger partial charge in [-0.05, 0) is 24.3 Å². The van der Waals surface area contributed by atoms with E-state index < -0.39 is 10.8 Å². The lowest BCUT2D eigenvalue weighted by Crippen LogP contribution is -2.27. The quantitative estimate of drug-likeness (QED) is 0.679. The summed E-state index contributed by atoms with van der Waals surface area (Å²) in [7, 11) is 0. The molecule has 2 rings (SSSR count). The minimum Gasteiger partial charge on any atom is -0.353 e. The van der Waals surface area contributed by atoms with Gasteiger partial charge >= 0.3 is 5.69 Å². The van der Waals surface area contributed by atoms with Crippen molar-refractivity contribution >= 4 is 23.2 Å². The van der Waals surface area contributed by atoms with Gasteiger partial charge in [-0.1, -0.05) is 17.7 Å². The van der Waals surface area contributed by atoms with Crippen LogP contribution < -0.4 is 5.32 Å². The van der Waals surface area contributed by atoms with Gasteiger partial charge in [0.05, 0.1) is 4.92 Å². The van der Waals surface area contributed by atoms with E-state index in [-0.39, 0.29) is 16.3 Å². The number of hydrogen-bond acceptors (Lipinski definition) is 3. The second kappa shape index (κ2) is 6.21. The molecule has 2 aromatic rings. The molecule has 104 valence electrons. The van der Waals surface area contributed by atoms with Crippen LogP contribution in [0.1, 0.15) is 10.4 Å². The maximum atomic E-state index is 12.0. The van der Waals surface area contributed by atoms with E-state index in [0.29, 0.717) is 13.1 Å². The number of nitro benzene ring substituents is 1. The second-order valence-corrected chi connectivity index (χ2v) is 4.48. The molecule has 0 aliphatic rings. The van der Waals surface area contributed by atoms with Crippen LogP contribution >= 0.6 is 11.6 Å². The third-order valence-corrected chi connectivity index (χ3v) is 3.04. The number of benzene rings is 1. The number of carbonyl (C=O) groups excluding carboxylic acids is 1. The fourth-order valence-electron chi connectivity index (χ4n) is 1.80. The summed E-state index contributed by atoms with van der Waals surface area (Å²) in [6.07, 6.45) is 3.74. The van der Waals surface area contributed by atoms with Crippen LogP contribution in [0.25, 0.3) is 0 Å². The van der Waals surface area contributed by atoms with E-state index in [2.05, 4.69) is 5.32 Å². The molecule has 1 aromatic heterocycles. The summed E-state index contributed by atoms with van der Waals surface area (Å²) in [5.41, 5.74) is -0.400. The average molecular weight is 294 g/mol. The molecule has 6 nitrogen and oxygen atoms in total.